The summed E-state index contributed by atoms with van der Waals surface area (Å²) in [6.07, 6.45) is 9.31. The molecule has 0 aromatic carbocycles. The van der Waals surface area contributed by atoms with E-state index in [-0.39, 0.29) is 5.84 Å². The number of hydrogen-bond acceptors (Lipinski definition) is 3. The van der Waals surface area contributed by atoms with Gasteiger partial charge in [-0.05, 0) is 31.7 Å². The fourth-order valence-electron chi connectivity index (χ4n) is 2.18. The Labute approximate surface area is 102 Å². The SMILES string of the molecule is N=C(N)c1cc(OC2CCCCCC2)ccn1. The number of hydrogen-bond donors (Lipinski definition) is 2. The first-order valence-corrected chi connectivity index (χ1v) is 6.23. The van der Waals surface area contributed by atoms with Crippen molar-refractivity contribution in [2.24, 2.45) is 5.73 Å². The standard InChI is InChI=1S/C13H19N3O/c14-13(15)12-9-11(7-8-16-12)17-10-5-3-1-2-4-6-10/h7-10H,1-6H2,(H3,14,15). The molecule has 0 unspecified atom stereocenters. The number of pyridine rings is 1. The summed E-state index contributed by atoms with van der Waals surface area (Å²) in [7, 11) is 0. The van der Waals surface area contributed by atoms with Gasteiger partial charge in [-0.3, -0.25) is 10.4 Å². The average Bonchev–Trinajstić information content (AvgIpc) is 2.58. The van der Waals surface area contributed by atoms with E-state index >= 15 is 0 Å². The molecule has 0 spiro atoms. The van der Waals surface area contributed by atoms with Gasteiger partial charge in [0, 0.05) is 12.3 Å². The molecule has 0 amide bonds. The van der Waals surface area contributed by atoms with Gasteiger partial charge >= 0.3 is 0 Å². The lowest BCUT2D eigenvalue weighted by atomic mass is 10.1. The lowest BCUT2D eigenvalue weighted by Crippen LogP contribution is -2.17. The molecule has 0 saturated heterocycles. The Kier molecular flexibility index (Phi) is 3.96. The van der Waals surface area contributed by atoms with Gasteiger partial charge in [0.25, 0.3) is 0 Å². The second kappa shape index (κ2) is 5.66. The number of amidine groups is 1. The Morgan fingerprint density at radius 2 is 2.00 bits per heavy atom. The van der Waals surface area contributed by atoms with E-state index in [0.29, 0.717) is 11.8 Å². The van der Waals surface area contributed by atoms with E-state index in [1.54, 1.807) is 12.3 Å². The van der Waals surface area contributed by atoms with E-state index in [1.807, 2.05) is 6.07 Å². The summed E-state index contributed by atoms with van der Waals surface area (Å²) < 4.78 is 5.93. The number of nitrogen functional groups attached to an aromatic ring is 1. The van der Waals surface area contributed by atoms with Crippen LogP contribution in [0, 0.1) is 5.41 Å². The average molecular weight is 233 g/mol. The van der Waals surface area contributed by atoms with Gasteiger partial charge in [0.2, 0.25) is 0 Å². The third-order valence-corrected chi connectivity index (χ3v) is 3.11. The molecule has 4 heteroatoms. The molecule has 1 aromatic rings. The van der Waals surface area contributed by atoms with Crippen molar-refractivity contribution in [3.05, 3.63) is 24.0 Å². The van der Waals surface area contributed by atoms with E-state index in [1.165, 1.54) is 25.7 Å². The largest absolute Gasteiger partial charge is 0.490 e. The van der Waals surface area contributed by atoms with Crippen molar-refractivity contribution in [1.29, 1.82) is 5.41 Å². The van der Waals surface area contributed by atoms with Gasteiger partial charge in [0.1, 0.15) is 17.3 Å². The van der Waals surface area contributed by atoms with Crippen LogP contribution in [0.1, 0.15) is 44.2 Å². The molecular weight excluding hydrogens is 214 g/mol. The van der Waals surface area contributed by atoms with Crippen LogP contribution in [0.15, 0.2) is 18.3 Å². The normalized spacial score (nSPS) is 17.4. The molecule has 0 atom stereocenters. The fraction of sp³-hybridized carbons (Fsp3) is 0.538. The smallest absolute Gasteiger partial charge is 0.141 e. The van der Waals surface area contributed by atoms with Crippen molar-refractivity contribution in [3.8, 4) is 5.75 Å². The van der Waals surface area contributed by atoms with E-state index in [0.717, 1.165) is 18.6 Å². The molecule has 92 valence electrons. The maximum atomic E-state index is 7.35. The lowest BCUT2D eigenvalue weighted by Gasteiger charge is -2.17. The van der Waals surface area contributed by atoms with E-state index in [9.17, 15) is 0 Å². The number of nitrogens with zero attached hydrogens (tertiary/aromatic N) is 1. The summed E-state index contributed by atoms with van der Waals surface area (Å²) in [5, 5.41) is 7.35. The zero-order valence-corrected chi connectivity index (χ0v) is 9.98. The van der Waals surface area contributed by atoms with Crippen LogP contribution in [0.4, 0.5) is 0 Å². The third kappa shape index (κ3) is 3.44. The van der Waals surface area contributed by atoms with Crippen molar-refractivity contribution in [3.63, 3.8) is 0 Å². The maximum absolute atomic E-state index is 7.35. The zero-order valence-electron chi connectivity index (χ0n) is 9.98. The molecule has 0 aliphatic heterocycles. The summed E-state index contributed by atoms with van der Waals surface area (Å²) in [5.74, 6) is 0.758. The van der Waals surface area contributed by atoms with Crippen LogP contribution in [-0.4, -0.2) is 16.9 Å². The van der Waals surface area contributed by atoms with Crippen molar-refractivity contribution in [2.45, 2.75) is 44.6 Å². The maximum Gasteiger partial charge on any atom is 0.141 e. The van der Waals surface area contributed by atoms with Crippen molar-refractivity contribution >= 4 is 5.84 Å². The van der Waals surface area contributed by atoms with Crippen molar-refractivity contribution in [2.75, 3.05) is 0 Å². The quantitative estimate of drug-likeness (QED) is 0.478. The van der Waals surface area contributed by atoms with Crippen LogP contribution in [0.3, 0.4) is 0 Å². The Morgan fingerprint density at radius 3 is 2.65 bits per heavy atom. The molecule has 2 rings (SSSR count). The summed E-state index contributed by atoms with van der Waals surface area (Å²) >= 11 is 0. The topological polar surface area (TPSA) is 72.0 Å². The van der Waals surface area contributed by atoms with Gasteiger partial charge < -0.3 is 10.5 Å². The molecule has 4 nitrogen and oxygen atoms in total. The van der Waals surface area contributed by atoms with Gasteiger partial charge in [0.15, 0.2) is 0 Å². The highest BCUT2D eigenvalue weighted by Crippen LogP contribution is 2.22. The van der Waals surface area contributed by atoms with Crippen LogP contribution < -0.4 is 10.5 Å². The zero-order chi connectivity index (χ0) is 12.1. The first kappa shape index (κ1) is 11.9. The molecule has 0 bridgehead atoms. The Balaban J connectivity index is 2.01. The first-order valence-electron chi connectivity index (χ1n) is 6.23. The molecule has 1 aromatic heterocycles. The Hall–Kier alpha value is -1.58. The second-order valence-electron chi connectivity index (χ2n) is 4.52. The minimum absolute atomic E-state index is 0.0173. The first-order chi connectivity index (χ1) is 8.25. The summed E-state index contributed by atoms with van der Waals surface area (Å²) in [6, 6.07) is 3.57. The van der Waals surface area contributed by atoms with Gasteiger partial charge in [0.05, 0.1) is 6.10 Å². The molecule has 1 aliphatic carbocycles. The molecule has 1 fully saturated rings. The highest BCUT2D eigenvalue weighted by atomic mass is 16.5. The van der Waals surface area contributed by atoms with Crippen LogP contribution in [0.5, 0.6) is 5.75 Å². The fourth-order valence-corrected chi connectivity index (χ4v) is 2.18. The Bertz CT molecular complexity index is 384. The Morgan fingerprint density at radius 1 is 1.29 bits per heavy atom. The van der Waals surface area contributed by atoms with E-state index in [2.05, 4.69) is 4.98 Å². The van der Waals surface area contributed by atoms with Gasteiger partial charge in [-0.25, -0.2) is 0 Å². The van der Waals surface area contributed by atoms with Gasteiger partial charge in [-0.15, -0.1) is 0 Å². The second-order valence-corrected chi connectivity index (χ2v) is 4.52. The van der Waals surface area contributed by atoms with Crippen LogP contribution in [-0.2, 0) is 0 Å². The highest BCUT2D eigenvalue weighted by molar-refractivity contribution is 5.93. The van der Waals surface area contributed by atoms with Crippen LogP contribution >= 0.6 is 0 Å². The number of ether oxygens (including phenoxy) is 1. The minimum atomic E-state index is -0.0173. The predicted octanol–water partition coefficient (Wildman–Crippen LogP) is 2.47. The number of nitrogens with two attached hydrogens (primary N) is 1. The third-order valence-electron chi connectivity index (χ3n) is 3.11. The molecule has 17 heavy (non-hydrogen) atoms. The van der Waals surface area contributed by atoms with Gasteiger partial charge in [-0.1, -0.05) is 12.8 Å². The molecule has 1 heterocycles. The molecule has 1 saturated carbocycles. The van der Waals surface area contributed by atoms with Crippen molar-refractivity contribution < 1.29 is 4.74 Å². The predicted molar refractivity (Wildman–Crippen MR) is 67.4 cm³/mol. The number of aromatic nitrogens is 1. The van der Waals surface area contributed by atoms with Crippen molar-refractivity contribution in [1.82, 2.24) is 4.98 Å². The molecule has 0 radical (unpaired) electrons. The van der Waals surface area contributed by atoms with Crippen LogP contribution in [0.25, 0.3) is 0 Å². The summed E-state index contributed by atoms with van der Waals surface area (Å²) in [6.45, 7) is 0. The van der Waals surface area contributed by atoms with Crippen LogP contribution in [0.2, 0.25) is 0 Å². The summed E-state index contributed by atoms with van der Waals surface area (Å²) in [5.41, 5.74) is 5.89. The lowest BCUT2D eigenvalue weighted by molar-refractivity contribution is 0.183. The number of nitrogens with one attached hydrogen (secondary N) is 1. The highest BCUT2D eigenvalue weighted by Gasteiger charge is 2.14. The van der Waals surface area contributed by atoms with E-state index in [4.69, 9.17) is 15.9 Å². The number of rotatable bonds is 3. The molecule has 1 aliphatic rings. The molecule has 3 N–H and O–H groups in total. The molecular formula is C13H19N3O. The summed E-state index contributed by atoms with van der Waals surface area (Å²) in [4.78, 5) is 4.02. The van der Waals surface area contributed by atoms with E-state index < -0.39 is 0 Å². The monoisotopic (exact) mass is 233 g/mol. The van der Waals surface area contributed by atoms with Gasteiger partial charge in [-0.2, -0.15) is 0 Å². The minimum Gasteiger partial charge on any atom is -0.490 e.